The lowest BCUT2D eigenvalue weighted by Gasteiger charge is -2.35. The molecule has 0 fully saturated rings. The number of hydrogen-bond acceptors (Lipinski definition) is 2. The van der Waals surface area contributed by atoms with Crippen LogP contribution in [-0.4, -0.2) is 39.6 Å². The van der Waals surface area contributed by atoms with Gasteiger partial charge in [0.2, 0.25) is 0 Å². The minimum absolute atomic E-state index is 0.125. The quantitative estimate of drug-likeness (QED) is 0.554. The summed E-state index contributed by atoms with van der Waals surface area (Å²) in [6.45, 7) is 19.4. The van der Waals surface area contributed by atoms with Gasteiger partial charge in [0, 0.05) is 21.6 Å². The fourth-order valence-electron chi connectivity index (χ4n) is 2.40. The number of aliphatic hydroxyl groups excluding tert-OH is 2. The Balaban J connectivity index is 4.64. The molecule has 0 aliphatic carbocycles. The summed E-state index contributed by atoms with van der Waals surface area (Å²) in [5.41, 5.74) is 1.22. The van der Waals surface area contributed by atoms with Crippen LogP contribution in [0.15, 0.2) is 0 Å². The van der Waals surface area contributed by atoms with E-state index >= 15 is 0 Å². The largest absolute Gasteiger partial charge is 0.396 e. The van der Waals surface area contributed by atoms with Crippen molar-refractivity contribution in [2.45, 2.75) is 89.9 Å². The highest BCUT2D eigenvalue weighted by Crippen LogP contribution is 2.38. The Labute approximate surface area is 135 Å². The van der Waals surface area contributed by atoms with Gasteiger partial charge in [0.05, 0.1) is 13.2 Å². The SMILES string of the molecule is CC(CCC(CO)(CO)CCC(C)[Si](C)(C)C)[Si](C)(C)C. The van der Waals surface area contributed by atoms with E-state index in [1.807, 2.05) is 0 Å². The Hall–Kier alpha value is 0.354. The van der Waals surface area contributed by atoms with Gasteiger partial charge in [-0.15, -0.1) is 0 Å². The van der Waals surface area contributed by atoms with E-state index in [0.29, 0.717) is 0 Å². The molecule has 0 bridgehead atoms. The molecule has 0 saturated carbocycles. The third-order valence-corrected chi connectivity index (χ3v) is 12.3. The van der Waals surface area contributed by atoms with Gasteiger partial charge in [-0.05, 0) is 23.9 Å². The van der Waals surface area contributed by atoms with E-state index in [1.165, 1.54) is 0 Å². The highest BCUT2D eigenvalue weighted by atomic mass is 28.3. The monoisotopic (exact) mass is 332 g/mol. The van der Waals surface area contributed by atoms with Crippen molar-refractivity contribution in [3.05, 3.63) is 0 Å². The first-order chi connectivity index (χ1) is 9.38. The highest BCUT2D eigenvalue weighted by Gasteiger charge is 2.33. The van der Waals surface area contributed by atoms with Gasteiger partial charge in [-0.25, -0.2) is 0 Å². The lowest BCUT2D eigenvalue weighted by Crippen LogP contribution is -2.34. The van der Waals surface area contributed by atoms with E-state index in [0.717, 1.165) is 36.8 Å². The summed E-state index contributed by atoms with van der Waals surface area (Å²) in [6, 6.07) is 0. The van der Waals surface area contributed by atoms with Gasteiger partial charge in [0.15, 0.2) is 0 Å². The summed E-state index contributed by atoms with van der Waals surface area (Å²) >= 11 is 0. The molecule has 21 heavy (non-hydrogen) atoms. The summed E-state index contributed by atoms with van der Waals surface area (Å²) in [5.74, 6) is 0. The molecule has 0 spiro atoms. The second-order valence-corrected chi connectivity index (χ2v) is 20.9. The lowest BCUT2D eigenvalue weighted by atomic mass is 9.79. The molecule has 0 rings (SSSR count). The number of rotatable bonds is 10. The van der Waals surface area contributed by atoms with Gasteiger partial charge in [-0.2, -0.15) is 0 Å². The predicted octanol–water partition coefficient (Wildman–Crippen LogP) is 4.97. The lowest BCUT2D eigenvalue weighted by molar-refractivity contribution is 0.0359. The van der Waals surface area contributed by atoms with Gasteiger partial charge in [0.25, 0.3) is 0 Å². The van der Waals surface area contributed by atoms with Gasteiger partial charge in [0.1, 0.15) is 0 Å². The molecule has 128 valence electrons. The first kappa shape index (κ1) is 21.4. The van der Waals surface area contributed by atoms with Gasteiger partial charge in [-0.3, -0.25) is 0 Å². The molecule has 0 aliphatic heterocycles. The van der Waals surface area contributed by atoms with Crippen LogP contribution in [0.25, 0.3) is 0 Å². The van der Waals surface area contributed by atoms with Gasteiger partial charge < -0.3 is 10.2 Å². The molecule has 0 aromatic rings. The first-order valence-corrected chi connectivity index (χ1v) is 15.7. The van der Waals surface area contributed by atoms with Gasteiger partial charge in [-0.1, -0.05) is 66.0 Å². The zero-order valence-electron chi connectivity index (χ0n) is 15.8. The molecule has 0 heterocycles. The van der Waals surface area contributed by atoms with Crippen molar-refractivity contribution in [1.82, 2.24) is 0 Å². The molecule has 2 unspecified atom stereocenters. The summed E-state index contributed by atoms with van der Waals surface area (Å²) in [7, 11) is -2.23. The van der Waals surface area contributed by atoms with Crippen molar-refractivity contribution in [3.8, 4) is 0 Å². The summed E-state index contributed by atoms with van der Waals surface area (Å²) in [4.78, 5) is 0. The third kappa shape index (κ3) is 7.44. The summed E-state index contributed by atoms with van der Waals surface area (Å²) < 4.78 is 0. The zero-order valence-corrected chi connectivity index (χ0v) is 17.8. The van der Waals surface area contributed by atoms with E-state index in [2.05, 4.69) is 53.1 Å². The van der Waals surface area contributed by atoms with E-state index < -0.39 is 16.1 Å². The molecule has 2 nitrogen and oxygen atoms in total. The van der Waals surface area contributed by atoms with Crippen LogP contribution in [0.1, 0.15) is 39.5 Å². The second-order valence-electron chi connectivity index (χ2n) is 9.43. The molecule has 4 heteroatoms. The summed E-state index contributed by atoms with van der Waals surface area (Å²) in [5, 5.41) is 19.7. The van der Waals surface area contributed by atoms with Crippen LogP contribution < -0.4 is 0 Å². The van der Waals surface area contributed by atoms with E-state index in [4.69, 9.17) is 0 Å². The van der Waals surface area contributed by atoms with Crippen LogP contribution >= 0.6 is 0 Å². The molecule has 0 radical (unpaired) electrons. The van der Waals surface area contributed by atoms with E-state index in [1.54, 1.807) is 0 Å². The fraction of sp³-hybridized carbons (Fsp3) is 1.00. The Kier molecular flexibility index (Phi) is 8.41. The minimum atomic E-state index is -1.12. The molecule has 2 N–H and O–H groups in total. The standard InChI is InChI=1S/C17H40O2Si2/c1-15(20(3,4)5)9-11-17(13-18,14-19)12-10-16(2)21(6,7)8/h15-16,18-19H,9-14H2,1-8H3. The topological polar surface area (TPSA) is 40.5 Å². The zero-order chi connectivity index (χ0) is 16.9. The molecule has 0 amide bonds. The van der Waals surface area contributed by atoms with Crippen molar-refractivity contribution < 1.29 is 10.2 Å². The number of hydrogen-bond donors (Lipinski definition) is 2. The van der Waals surface area contributed by atoms with Crippen LogP contribution in [0.3, 0.4) is 0 Å². The predicted molar refractivity (Wildman–Crippen MR) is 101 cm³/mol. The van der Waals surface area contributed by atoms with E-state index in [9.17, 15) is 10.2 Å². The Morgan fingerprint density at radius 1 is 0.714 bits per heavy atom. The van der Waals surface area contributed by atoms with E-state index in [-0.39, 0.29) is 18.6 Å². The van der Waals surface area contributed by atoms with Crippen LogP contribution in [0.5, 0.6) is 0 Å². The number of aliphatic hydroxyl groups is 2. The average molecular weight is 333 g/mol. The normalized spacial score (nSPS) is 16.9. The van der Waals surface area contributed by atoms with Crippen LogP contribution in [0.4, 0.5) is 0 Å². The highest BCUT2D eigenvalue weighted by molar-refractivity contribution is 6.77. The molecular weight excluding hydrogens is 292 g/mol. The minimum Gasteiger partial charge on any atom is -0.396 e. The third-order valence-electron chi connectivity index (χ3n) is 5.84. The maximum atomic E-state index is 9.87. The Morgan fingerprint density at radius 2 is 1.00 bits per heavy atom. The molecule has 0 aromatic carbocycles. The maximum absolute atomic E-state index is 9.87. The average Bonchev–Trinajstić information content (AvgIpc) is 2.36. The van der Waals surface area contributed by atoms with Gasteiger partial charge >= 0.3 is 0 Å². The fourth-order valence-corrected chi connectivity index (χ4v) is 4.42. The molecule has 0 saturated heterocycles. The second kappa shape index (κ2) is 8.27. The van der Waals surface area contributed by atoms with Crippen LogP contribution in [0, 0.1) is 5.41 Å². The van der Waals surface area contributed by atoms with Crippen LogP contribution in [-0.2, 0) is 0 Å². The van der Waals surface area contributed by atoms with Crippen molar-refractivity contribution in [2.24, 2.45) is 5.41 Å². The van der Waals surface area contributed by atoms with Crippen molar-refractivity contribution in [1.29, 1.82) is 0 Å². The van der Waals surface area contributed by atoms with Crippen molar-refractivity contribution >= 4 is 16.1 Å². The van der Waals surface area contributed by atoms with Crippen LogP contribution in [0.2, 0.25) is 50.4 Å². The van der Waals surface area contributed by atoms with Crippen molar-refractivity contribution in [3.63, 3.8) is 0 Å². The molecule has 2 atom stereocenters. The smallest absolute Gasteiger partial charge is 0.0509 e. The summed E-state index contributed by atoms with van der Waals surface area (Å²) in [6.07, 6.45) is 4.20. The Morgan fingerprint density at radius 3 is 1.19 bits per heavy atom. The molecular formula is C17H40O2Si2. The first-order valence-electron chi connectivity index (χ1n) is 8.60. The maximum Gasteiger partial charge on any atom is 0.0509 e. The molecule has 0 aromatic heterocycles. The van der Waals surface area contributed by atoms with Crippen molar-refractivity contribution in [2.75, 3.05) is 13.2 Å². The Bertz CT molecular complexity index is 262. The molecule has 0 aliphatic rings.